The van der Waals surface area contributed by atoms with Gasteiger partial charge in [0, 0.05) is 11.5 Å². The van der Waals surface area contributed by atoms with Crippen molar-refractivity contribution < 1.29 is 10.2 Å². The Kier molecular flexibility index (Phi) is 7.61. The average molecular weight is 248 g/mol. The smallest absolute Gasteiger partial charge is 0.122 e. The lowest BCUT2D eigenvalue weighted by Crippen LogP contribution is -2.10. The van der Waals surface area contributed by atoms with Crippen LogP contribution in [0.2, 0.25) is 0 Å². The summed E-state index contributed by atoms with van der Waals surface area (Å²) in [6.07, 6.45) is 8.28. The van der Waals surface area contributed by atoms with Crippen LogP contribution in [0.1, 0.15) is 33.1 Å². The largest absolute Gasteiger partial charge is 0.508 e. The van der Waals surface area contributed by atoms with E-state index in [-0.39, 0.29) is 17.4 Å². The molecule has 0 aliphatic heterocycles. The van der Waals surface area contributed by atoms with E-state index in [1.807, 2.05) is 6.92 Å². The van der Waals surface area contributed by atoms with Crippen LogP contribution in [-0.4, -0.2) is 10.2 Å². The normalized spacial score (nSPS) is 19.7. The molecule has 1 unspecified atom stereocenters. The summed E-state index contributed by atoms with van der Waals surface area (Å²) in [5, 5.41) is 19.1. The lowest BCUT2D eigenvalue weighted by atomic mass is 9.84. The van der Waals surface area contributed by atoms with E-state index in [9.17, 15) is 10.2 Å². The number of allylic oxidation sites excluding steroid dienone is 5. The first kappa shape index (κ1) is 16.3. The summed E-state index contributed by atoms with van der Waals surface area (Å²) in [6, 6.07) is 0. The molecule has 0 heterocycles. The second-order valence-corrected chi connectivity index (χ2v) is 4.37. The predicted molar refractivity (Wildman–Crippen MR) is 78.6 cm³/mol. The van der Waals surface area contributed by atoms with Gasteiger partial charge in [-0.25, -0.2) is 0 Å². The molecule has 2 N–H and O–H groups in total. The zero-order chi connectivity index (χ0) is 14.1. The van der Waals surface area contributed by atoms with Gasteiger partial charge in [-0.05, 0) is 39.2 Å². The molecular formula is C16H24O2. The molecule has 18 heavy (non-hydrogen) atoms. The summed E-state index contributed by atoms with van der Waals surface area (Å²) in [4.78, 5) is 0. The summed E-state index contributed by atoms with van der Waals surface area (Å²) in [7, 11) is 0. The van der Waals surface area contributed by atoms with Gasteiger partial charge in [-0.3, -0.25) is 0 Å². The summed E-state index contributed by atoms with van der Waals surface area (Å²) in [5.41, 5.74) is 1.80. The van der Waals surface area contributed by atoms with Crippen molar-refractivity contribution in [1.29, 1.82) is 0 Å². The minimum Gasteiger partial charge on any atom is -0.508 e. The Balaban J connectivity index is 0.000000873. The molecule has 0 saturated heterocycles. The molecule has 0 saturated carbocycles. The summed E-state index contributed by atoms with van der Waals surface area (Å²) in [6.45, 7) is 14.3. The lowest BCUT2D eigenvalue weighted by molar-refractivity contribution is 0.373. The Labute approximate surface area is 110 Å². The predicted octanol–water partition coefficient (Wildman–Crippen LogP) is 4.99. The molecule has 0 aromatic heterocycles. The maximum Gasteiger partial charge on any atom is 0.122 e. The van der Waals surface area contributed by atoms with Crippen LogP contribution in [0.15, 0.2) is 60.6 Å². The fourth-order valence-corrected chi connectivity index (χ4v) is 2.00. The van der Waals surface area contributed by atoms with Crippen LogP contribution >= 0.6 is 0 Å². The second kappa shape index (κ2) is 8.40. The van der Waals surface area contributed by atoms with Crippen molar-refractivity contribution in [2.75, 3.05) is 0 Å². The molecule has 2 nitrogen and oxygen atoms in total. The molecule has 0 fully saturated rings. The summed E-state index contributed by atoms with van der Waals surface area (Å²) < 4.78 is 0. The molecule has 1 rings (SSSR count). The van der Waals surface area contributed by atoms with Crippen LogP contribution in [0.5, 0.6) is 0 Å². The van der Waals surface area contributed by atoms with E-state index in [4.69, 9.17) is 0 Å². The van der Waals surface area contributed by atoms with E-state index in [1.54, 1.807) is 6.08 Å². The molecule has 0 bridgehead atoms. The first-order valence-corrected chi connectivity index (χ1v) is 6.16. The number of rotatable bonds is 3. The van der Waals surface area contributed by atoms with E-state index in [0.29, 0.717) is 5.57 Å². The third-order valence-corrected chi connectivity index (χ3v) is 2.72. The van der Waals surface area contributed by atoms with E-state index in [2.05, 4.69) is 32.7 Å². The van der Waals surface area contributed by atoms with Crippen molar-refractivity contribution in [2.24, 2.45) is 5.92 Å². The third-order valence-electron chi connectivity index (χ3n) is 2.72. The van der Waals surface area contributed by atoms with Crippen LogP contribution in [0.3, 0.4) is 0 Å². The van der Waals surface area contributed by atoms with Crippen LogP contribution in [0, 0.1) is 5.92 Å². The van der Waals surface area contributed by atoms with Gasteiger partial charge in [0.25, 0.3) is 0 Å². The van der Waals surface area contributed by atoms with Crippen LogP contribution < -0.4 is 0 Å². The minimum absolute atomic E-state index is 0.0263. The Morgan fingerprint density at radius 3 is 2.33 bits per heavy atom. The fraction of sp³-hybridized carbons (Fsp3) is 0.375. The lowest BCUT2D eigenvalue weighted by Gasteiger charge is -2.22. The Morgan fingerprint density at radius 2 is 1.94 bits per heavy atom. The maximum atomic E-state index is 9.64. The van der Waals surface area contributed by atoms with Gasteiger partial charge in [0.05, 0.1) is 0 Å². The standard InChI is InChI=1S/C13H18O2.C3H6/c1-4-12(15)13(10(3)14)11-7-5-6-9(2)8-11;1-3-2/h4,8,11,14-15H,1,3,5-7H2,2H3;3H,1H2,2H3/b13-12-;. The number of hydrogen-bond acceptors (Lipinski definition) is 2. The Morgan fingerprint density at radius 1 is 1.39 bits per heavy atom. The molecule has 1 aliphatic rings. The average Bonchev–Trinajstić information content (AvgIpc) is 2.29. The van der Waals surface area contributed by atoms with Crippen molar-refractivity contribution in [1.82, 2.24) is 0 Å². The van der Waals surface area contributed by atoms with Gasteiger partial charge in [-0.15, -0.1) is 6.58 Å². The minimum atomic E-state index is -0.0663. The maximum absolute atomic E-state index is 9.64. The third kappa shape index (κ3) is 5.09. The first-order chi connectivity index (χ1) is 8.47. The zero-order valence-electron chi connectivity index (χ0n) is 11.4. The monoisotopic (exact) mass is 248 g/mol. The molecule has 0 aromatic rings. The van der Waals surface area contributed by atoms with E-state index in [1.165, 1.54) is 11.6 Å². The van der Waals surface area contributed by atoms with Crippen molar-refractivity contribution in [3.63, 3.8) is 0 Å². The Bertz CT molecular complexity index is 373. The van der Waals surface area contributed by atoms with Crippen LogP contribution in [0.25, 0.3) is 0 Å². The number of aliphatic hydroxyl groups excluding tert-OH is 2. The Hall–Kier alpha value is -1.70. The van der Waals surface area contributed by atoms with Crippen molar-refractivity contribution in [2.45, 2.75) is 33.1 Å². The van der Waals surface area contributed by atoms with Crippen LogP contribution in [-0.2, 0) is 0 Å². The van der Waals surface area contributed by atoms with Gasteiger partial charge >= 0.3 is 0 Å². The van der Waals surface area contributed by atoms with Gasteiger partial charge in [0.2, 0.25) is 0 Å². The summed E-state index contributed by atoms with van der Waals surface area (Å²) >= 11 is 0. The van der Waals surface area contributed by atoms with Crippen molar-refractivity contribution in [3.05, 3.63) is 60.6 Å². The molecule has 0 amide bonds. The molecule has 0 aromatic carbocycles. The number of hydrogen-bond donors (Lipinski definition) is 2. The van der Waals surface area contributed by atoms with Crippen molar-refractivity contribution in [3.8, 4) is 0 Å². The molecule has 1 atom stereocenters. The van der Waals surface area contributed by atoms with Crippen molar-refractivity contribution >= 4 is 0 Å². The van der Waals surface area contributed by atoms with E-state index < -0.39 is 0 Å². The molecule has 100 valence electrons. The fourth-order valence-electron chi connectivity index (χ4n) is 2.00. The van der Waals surface area contributed by atoms with Gasteiger partial charge in [-0.1, -0.05) is 30.9 Å². The highest BCUT2D eigenvalue weighted by Crippen LogP contribution is 2.32. The highest BCUT2D eigenvalue weighted by molar-refractivity contribution is 5.36. The van der Waals surface area contributed by atoms with E-state index >= 15 is 0 Å². The summed E-state index contributed by atoms with van der Waals surface area (Å²) in [5.74, 6) is 0.0241. The van der Waals surface area contributed by atoms with Gasteiger partial charge in [0.1, 0.15) is 11.5 Å². The first-order valence-electron chi connectivity index (χ1n) is 6.16. The highest BCUT2D eigenvalue weighted by Gasteiger charge is 2.20. The van der Waals surface area contributed by atoms with Crippen LogP contribution in [0.4, 0.5) is 0 Å². The van der Waals surface area contributed by atoms with Gasteiger partial charge < -0.3 is 10.2 Å². The highest BCUT2D eigenvalue weighted by atomic mass is 16.3. The molecule has 1 aliphatic carbocycles. The molecular weight excluding hydrogens is 224 g/mol. The molecule has 0 spiro atoms. The number of aliphatic hydroxyl groups is 2. The van der Waals surface area contributed by atoms with E-state index in [0.717, 1.165) is 19.3 Å². The van der Waals surface area contributed by atoms with Gasteiger partial charge in [-0.2, -0.15) is 0 Å². The topological polar surface area (TPSA) is 40.5 Å². The molecule has 2 heteroatoms. The quantitative estimate of drug-likeness (QED) is 0.419. The molecule has 0 radical (unpaired) electrons. The zero-order valence-corrected chi connectivity index (χ0v) is 11.4. The van der Waals surface area contributed by atoms with Gasteiger partial charge in [0.15, 0.2) is 0 Å². The second-order valence-electron chi connectivity index (χ2n) is 4.37. The SMILES string of the molecule is C=C/C(O)=C(\C(=C)O)C1C=C(C)CCC1.C=CC.